The van der Waals surface area contributed by atoms with Gasteiger partial charge >= 0.3 is 23.7 Å². The molecule has 7 atom stereocenters. The van der Waals surface area contributed by atoms with Crippen LogP contribution < -0.4 is 44.8 Å². The number of rotatable bonds is 7. The Bertz CT molecular complexity index is 7710. The Morgan fingerprint density at radius 2 is 0.966 bits per heavy atom. The molecule has 4 unspecified atom stereocenters. The minimum absolute atomic E-state index is 0.00916. The van der Waals surface area contributed by atoms with Crippen molar-refractivity contribution in [1.29, 1.82) is 0 Å². The van der Waals surface area contributed by atoms with Gasteiger partial charge < -0.3 is 67.9 Å². The van der Waals surface area contributed by atoms with Crippen LogP contribution in [0.25, 0.3) is 49.2 Å². The van der Waals surface area contributed by atoms with Gasteiger partial charge in [-0.05, 0) is 218 Å². The number of amides is 3. The van der Waals surface area contributed by atoms with Gasteiger partial charge in [0.1, 0.15) is 53.5 Å². The molecule has 1 fully saturated rings. The number of aliphatic imine (C=N–C) groups is 1. The Kier molecular flexibility index (Phi) is 27.7. The number of carbonyl (C=O) groups excluding carboxylic acids is 4. The third kappa shape index (κ3) is 19.5. The minimum Gasteiger partial charge on any atom is -0.493 e. The smallest absolute Gasteiger partial charge is 0.493 e. The second kappa shape index (κ2) is 41.8. The van der Waals surface area contributed by atoms with E-state index in [9.17, 15) is 28.8 Å². The predicted molar refractivity (Wildman–Crippen MR) is 563 cm³/mol. The quantitative estimate of drug-likeness (QED) is 0.0639. The molecule has 3 amide bonds. The van der Waals surface area contributed by atoms with Crippen LogP contribution in [0, 0.1) is 18.8 Å². The first-order chi connectivity index (χ1) is 70.7. The SMILES string of the molecule is CC1CCC(C(C)(C)c2ccccc2)C(OC(=O)[NH+]2CCC3=C(Cc4ccccc43)C2)C1.COC(=O)Cl.COC(=O)N1CCc2c([nH]c3ccccc23)[C@H]1c1ccc2c(c1)CCO2.COC(=O)N1Cc2c([nH]c3ccccc3c2=O)[C@H]1c1ccc2c(c1)CCO2.Cc1ccc2c(c1)CCO2.O=c1c2c([nH]c3ccccc13)[C@@H](c1ccc3c(c1)CCO3)NC2.c1ccc2c3c([nH]c2c1)C(c1ccc2c(c1)CCO2)=NCC3. The molecule has 0 radical (unpaired) electrons. The molecular formula is C120H119ClN9O15+. The van der Waals surface area contributed by atoms with Crippen molar-refractivity contribution in [1.82, 2.24) is 35.1 Å². The van der Waals surface area contributed by atoms with E-state index in [4.69, 9.17) is 42.9 Å². The lowest BCUT2D eigenvalue weighted by atomic mass is 9.64. The summed E-state index contributed by atoms with van der Waals surface area (Å²) in [5, 5.41) is 7.43. The second-order valence-corrected chi connectivity index (χ2v) is 40.0. The standard InChI is InChI=1S/C29H35NO2.C21H18N2O4.C21H20N2O3.C19H16N2O2.C19H16N2O.C9H10O.C2H3ClO2/c1-20-13-14-26(29(2,3)23-10-5-4-6-11-23)27(17-20)32-28(31)30-16-15-25-22(19-30)18-21-9-7-8-12-24(21)25;1-26-21(25)23-11-15-18(22-16-5-3-2-4-14(16)20(15)24)19(23)13-6-7-17-12(10-13)8-9-27-17;1-25-21(24)23-10-8-16-15-4-2-3-5-17(15)22-19(16)20(23)14-6-7-18-13(12-14)9-11-26-18;22-19-13-3-1-2-4-15(13)21-18-14(19)10-20-17(18)12-5-6-16-11(9-12)7-8-23-16;1-2-4-16-14(3-1)15-7-9-20-18(19(15)21-16)13-5-6-17-12(11-13)8-10-22-17;1-7-2-3-9-8(6-7)4-5-10-9;1-5-2(3)4/h4-12,20,26-27H,13-19H2,1-3H3;2-7,10,19H,8-9,11H2,1H3,(H,22,24);2-7,12,20,22H,8-11H2,1H3;1-6,9,17,20H,7-8,10H2,(H,21,22);1-6,11,21H,7-10H2;2-3,6H,4-5H2,1H3;1H3/p+1/t;19-;20-;17-;;;/m.111.../s1. The van der Waals surface area contributed by atoms with Gasteiger partial charge in [0.2, 0.25) is 0 Å². The third-order valence-corrected chi connectivity index (χ3v) is 30.9. The molecule has 2 aliphatic carbocycles. The number of benzene rings is 11. The number of halogens is 1. The van der Waals surface area contributed by atoms with Gasteiger partial charge in [0.15, 0.2) is 10.9 Å². The predicted octanol–water partition coefficient (Wildman–Crippen LogP) is 21.2. The fourth-order valence-corrected chi connectivity index (χ4v) is 23.4. The molecule has 25 heteroatoms. The Morgan fingerprint density at radius 3 is 1.57 bits per heavy atom. The molecule has 10 aliphatic heterocycles. The topological polar surface area (TPSA) is 284 Å². The summed E-state index contributed by atoms with van der Waals surface area (Å²) in [5.74, 6) is 5.87. The van der Waals surface area contributed by atoms with Crippen molar-refractivity contribution in [3.63, 3.8) is 0 Å². The van der Waals surface area contributed by atoms with E-state index in [1.54, 1.807) is 11.0 Å². The Balaban J connectivity index is 0.000000103. The van der Waals surface area contributed by atoms with E-state index >= 15 is 0 Å². The average molecular weight is 1960 g/mol. The maximum Gasteiger partial charge on any atom is 0.514 e. The van der Waals surface area contributed by atoms with Crippen molar-refractivity contribution in [2.75, 3.05) is 80.5 Å². The summed E-state index contributed by atoms with van der Waals surface area (Å²) in [6, 6.07) is 82.2. The summed E-state index contributed by atoms with van der Waals surface area (Å²) in [7, 11) is 4.02. The molecule has 15 aromatic rings. The number of para-hydroxylation sites is 4. The number of aryl methyl sites for hydroxylation is 1. The third-order valence-electron chi connectivity index (χ3n) is 30.7. The minimum atomic E-state index is -0.773. The van der Waals surface area contributed by atoms with Crippen LogP contribution in [0.3, 0.4) is 0 Å². The maximum absolute atomic E-state index is 13.4. The first-order valence-corrected chi connectivity index (χ1v) is 50.9. The highest BCUT2D eigenvalue weighted by Crippen LogP contribution is 2.47. The number of H-pyrrole nitrogens is 4. The largest absolute Gasteiger partial charge is 0.514 e. The zero-order chi connectivity index (χ0) is 99.7. The highest BCUT2D eigenvalue weighted by molar-refractivity contribution is 6.61. The number of pyridine rings is 2. The van der Waals surface area contributed by atoms with E-state index in [2.05, 4.69) is 233 Å². The summed E-state index contributed by atoms with van der Waals surface area (Å²) < 4.78 is 48.1. The monoisotopic (exact) mass is 1960 g/mol. The van der Waals surface area contributed by atoms with Crippen molar-refractivity contribution in [3.05, 3.63) is 386 Å². The summed E-state index contributed by atoms with van der Waals surface area (Å²) in [6.07, 6.45) is 11.1. The van der Waals surface area contributed by atoms with Crippen LogP contribution in [0.4, 0.5) is 19.2 Å². The van der Waals surface area contributed by atoms with Crippen molar-refractivity contribution >= 4 is 90.2 Å². The van der Waals surface area contributed by atoms with Gasteiger partial charge in [0.25, 0.3) is 0 Å². The van der Waals surface area contributed by atoms with E-state index in [-0.39, 0.29) is 53.2 Å². The van der Waals surface area contributed by atoms with Gasteiger partial charge in [-0.15, -0.1) is 0 Å². The Morgan fingerprint density at radius 1 is 0.476 bits per heavy atom. The lowest BCUT2D eigenvalue weighted by Crippen LogP contribution is -3.15. The summed E-state index contributed by atoms with van der Waals surface area (Å²) in [4.78, 5) is 96.6. The van der Waals surface area contributed by atoms with Crippen LogP contribution in [-0.2, 0) is 88.8 Å². The lowest BCUT2D eigenvalue weighted by Gasteiger charge is -2.43. The summed E-state index contributed by atoms with van der Waals surface area (Å²) >= 11 is 4.60. The number of methoxy groups -OCH3 is 3. The number of ether oxygens (including phenoxy) is 9. The normalized spacial score (nSPS) is 19.3. The molecule has 14 heterocycles. The van der Waals surface area contributed by atoms with E-state index in [1.807, 2.05) is 77.7 Å². The van der Waals surface area contributed by atoms with Crippen LogP contribution in [0.1, 0.15) is 182 Å². The number of fused-ring (bicyclic) bond motifs is 17. The van der Waals surface area contributed by atoms with Crippen LogP contribution in [-0.4, -0.2) is 146 Å². The number of aromatic nitrogens is 4. The molecule has 0 saturated heterocycles. The number of carbonyl (C=O) groups is 4. The highest BCUT2D eigenvalue weighted by Gasteiger charge is 2.46. The number of aromatic amines is 4. The Hall–Kier alpha value is -15.0. The van der Waals surface area contributed by atoms with Crippen LogP contribution in [0.2, 0.25) is 0 Å². The van der Waals surface area contributed by atoms with Crippen LogP contribution in [0.5, 0.6) is 28.7 Å². The first-order valence-electron chi connectivity index (χ1n) is 50.5. The van der Waals surface area contributed by atoms with Gasteiger partial charge in [-0.1, -0.05) is 184 Å². The molecule has 0 bridgehead atoms. The van der Waals surface area contributed by atoms with Gasteiger partial charge in [-0.2, -0.15) is 4.79 Å². The number of quaternary nitrogens is 1. The first kappa shape index (κ1) is 96.2. The molecule has 27 rings (SSSR count). The van der Waals surface area contributed by atoms with E-state index < -0.39 is 17.6 Å². The number of hydrogen-bond donors (Lipinski definition) is 6. The van der Waals surface area contributed by atoms with Crippen molar-refractivity contribution in [2.24, 2.45) is 16.8 Å². The molecule has 6 N–H and O–H groups in total. The van der Waals surface area contributed by atoms with Crippen molar-refractivity contribution in [3.8, 4) is 28.7 Å². The van der Waals surface area contributed by atoms with E-state index in [1.165, 1.54) is 128 Å². The number of nitrogens with zero attached hydrogens (tertiary/aromatic N) is 3. The lowest BCUT2D eigenvalue weighted by molar-refractivity contribution is -0.820. The molecule has 1 saturated carbocycles. The molecule has 11 aromatic carbocycles. The summed E-state index contributed by atoms with van der Waals surface area (Å²) in [5.41, 5.74) is 31.6. The van der Waals surface area contributed by atoms with Gasteiger partial charge in [-0.3, -0.25) is 24.4 Å². The van der Waals surface area contributed by atoms with Gasteiger partial charge in [-0.25, -0.2) is 19.3 Å². The van der Waals surface area contributed by atoms with Gasteiger partial charge in [0, 0.05) is 154 Å². The zero-order valence-corrected chi connectivity index (χ0v) is 83.4. The molecule has 145 heavy (non-hydrogen) atoms. The second-order valence-electron chi connectivity index (χ2n) is 39.7. The molecule has 0 spiro atoms. The van der Waals surface area contributed by atoms with Gasteiger partial charge in [0.05, 0.1) is 90.6 Å². The maximum atomic E-state index is 13.4. The van der Waals surface area contributed by atoms with Crippen LogP contribution >= 0.6 is 11.6 Å². The fraction of sp³-hybridized carbons (Fsp3) is 0.308. The fourth-order valence-electron chi connectivity index (χ4n) is 23.4. The molecular weight excluding hydrogens is 1840 g/mol. The van der Waals surface area contributed by atoms with Crippen LogP contribution in [0.15, 0.2) is 263 Å². The zero-order valence-electron chi connectivity index (χ0n) is 82.7. The molecule has 12 aliphatic rings. The Labute approximate surface area is 846 Å². The van der Waals surface area contributed by atoms with Crippen molar-refractivity contribution < 1.29 is 66.7 Å². The number of hydrogen-bond acceptors (Lipinski definition) is 17. The van der Waals surface area contributed by atoms with E-state index in [0.717, 1.165) is 217 Å². The highest BCUT2D eigenvalue weighted by atomic mass is 35.5. The molecule has 4 aromatic heterocycles. The number of alkyl carbamates (subject to hydrolysis) is 2. The van der Waals surface area contributed by atoms with E-state index in [0.29, 0.717) is 42.5 Å². The van der Waals surface area contributed by atoms with Crippen molar-refractivity contribution in [2.45, 2.75) is 147 Å². The molecule has 24 nitrogen and oxygen atoms in total. The average Bonchev–Trinajstić information content (AvgIpc) is 1.56. The summed E-state index contributed by atoms with van der Waals surface area (Å²) in [6.45, 7) is 16.8. The number of nitrogens with one attached hydrogen (secondary N) is 6. The molecule has 740 valence electrons.